The fourth-order valence-corrected chi connectivity index (χ4v) is 2.03. The van der Waals surface area contributed by atoms with Crippen LogP contribution in [-0.4, -0.2) is 19.2 Å². The highest BCUT2D eigenvalue weighted by Gasteiger charge is 2.13. The summed E-state index contributed by atoms with van der Waals surface area (Å²) >= 11 is 5.96. The molecule has 0 saturated carbocycles. The Kier molecular flexibility index (Phi) is 2.68. The van der Waals surface area contributed by atoms with Crippen LogP contribution in [0.1, 0.15) is 5.69 Å². The SMILES string of the molecule is Cn1cc(Oc2nc3ccccn3c2CCl)cn1. The third kappa shape index (κ3) is 1.82. The summed E-state index contributed by atoms with van der Waals surface area (Å²) in [5, 5.41) is 4.05. The van der Waals surface area contributed by atoms with E-state index in [4.69, 9.17) is 16.3 Å². The average molecular weight is 263 g/mol. The molecule has 0 unspecified atom stereocenters. The Bertz CT molecular complexity index is 688. The van der Waals surface area contributed by atoms with E-state index < -0.39 is 0 Å². The summed E-state index contributed by atoms with van der Waals surface area (Å²) in [6.45, 7) is 0. The van der Waals surface area contributed by atoms with Gasteiger partial charge >= 0.3 is 0 Å². The quantitative estimate of drug-likeness (QED) is 0.682. The van der Waals surface area contributed by atoms with Crippen molar-refractivity contribution in [2.24, 2.45) is 7.05 Å². The average Bonchev–Trinajstić information content (AvgIpc) is 2.92. The topological polar surface area (TPSA) is 44.4 Å². The van der Waals surface area contributed by atoms with Crippen LogP contribution in [0, 0.1) is 0 Å². The predicted octanol–water partition coefficient (Wildman–Crippen LogP) is 2.60. The molecule has 0 aliphatic heterocycles. The normalized spacial score (nSPS) is 11.0. The lowest BCUT2D eigenvalue weighted by Crippen LogP contribution is -1.91. The van der Waals surface area contributed by atoms with Crippen molar-refractivity contribution >= 4 is 17.2 Å². The van der Waals surface area contributed by atoms with Gasteiger partial charge in [0.1, 0.15) is 11.3 Å². The van der Waals surface area contributed by atoms with Gasteiger partial charge in [0, 0.05) is 13.2 Å². The van der Waals surface area contributed by atoms with Gasteiger partial charge in [-0.05, 0) is 12.1 Å². The van der Waals surface area contributed by atoms with Gasteiger partial charge in [0.25, 0.3) is 0 Å². The Balaban J connectivity index is 2.05. The number of aryl methyl sites for hydroxylation is 1. The predicted molar refractivity (Wildman–Crippen MR) is 68.0 cm³/mol. The first-order valence-electron chi connectivity index (χ1n) is 5.46. The first kappa shape index (κ1) is 11.1. The zero-order chi connectivity index (χ0) is 12.5. The summed E-state index contributed by atoms with van der Waals surface area (Å²) in [7, 11) is 1.83. The molecule has 6 heteroatoms. The van der Waals surface area contributed by atoms with Crippen LogP contribution in [-0.2, 0) is 12.9 Å². The molecule has 0 bridgehead atoms. The first-order valence-corrected chi connectivity index (χ1v) is 6.00. The van der Waals surface area contributed by atoms with Gasteiger partial charge in [-0.25, -0.2) is 0 Å². The molecule has 0 atom stereocenters. The summed E-state index contributed by atoms with van der Waals surface area (Å²) in [6.07, 6.45) is 5.33. The number of imidazole rings is 1. The van der Waals surface area contributed by atoms with Gasteiger partial charge < -0.3 is 4.74 Å². The molecule has 0 fully saturated rings. The molecule has 3 aromatic rings. The van der Waals surface area contributed by atoms with Gasteiger partial charge in [-0.15, -0.1) is 11.6 Å². The smallest absolute Gasteiger partial charge is 0.242 e. The van der Waals surface area contributed by atoms with Crippen molar-refractivity contribution in [3.63, 3.8) is 0 Å². The molecule has 0 saturated heterocycles. The summed E-state index contributed by atoms with van der Waals surface area (Å²) in [6, 6.07) is 5.76. The van der Waals surface area contributed by atoms with E-state index >= 15 is 0 Å². The van der Waals surface area contributed by atoms with Crippen LogP contribution in [0.15, 0.2) is 36.8 Å². The zero-order valence-corrected chi connectivity index (χ0v) is 10.5. The maximum Gasteiger partial charge on any atom is 0.242 e. The molecule has 0 aromatic carbocycles. The molecule has 92 valence electrons. The Labute approximate surface area is 109 Å². The third-order valence-electron chi connectivity index (χ3n) is 2.61. The fraction of sp³-hybridized carbons (Fsp3) is 0.167. The van der Waals surface area contributed by atoms with Crippen LogP contribution in [0.25, 0.3) is 5.65 Å². The molecule has 18 heavy (non-hydrogen) atoms. The van der Waals surface area contributed by atoms with E-state index in [2.05, 4.69) is 10.1 Å². The second kappa shape index (κ2) is 4.34. The summed E-state index contributed by atoms with van der Waals surface area (Å²) in [4.78, 5) is 4.41. The summed E-state index contributed by atoms with van der Waals surface area (Å²) in [5.41, 5.74) is 1.64. The van der Waals surface area contributed by atoms with Gasteiger partial charge in [0.2, 0.25) is 5.88 Å². The van der Waals surface area contributed by atoms with E-state index in [9.17, 15) is 0 Å². The molecule has 0 aliphatic carbocycles. The van der Waals surface area contributed by atoms with Crippen molar-refractivity contribution in [3.8, 4) is 11.6 Å². The molecule has 3 aromatic heterocycles. The minimum Gasteiger partial charge on any atom is -0.434 e. The molecule has 0 N–H and O–H groups in total. The van der Waals surface area contributed by atoms with Gasteiger partial charge in [0.15, 0.2) is 5.75 Å². The molecule has 3 rings (SSSR count). The maximum absolute atomic E-state index is 5.96. The largest absolute Gasteiger partial charge is 0.434 e. The fourth-order valence-electron chi connectivity index (χ4n) is 1.79. The Hall–Kier alpha value is -2.01. The van der Waals surface area contributed by atoms with E-state index in [1.165, 1.54) is 0 Å². The number of alkyl halides is 1. The van der Waals surface area contributed by atoms with Crippen LogP contribution >= 0.6 is 11.6 Å². The molecule has 0 amide bonds. The number of rotatable bonds is 3. The van der Waals surface area contributed by atoms with E-state index in [1.807, 2.05) is 35.8 Å². The van der Waals surface area contributed by atoms with E-state index in [0.717, 1.165) is 11.3 Å². The second-order valence-corrected chi connectivity index (χ2v) is 4.15. The van der Waals surface area contributed by atoms with Crippen molar-refractivity contribution in [2.45, 2.75) is 5.88 Å². The number of fused-ring (bicyclic) bond motifs is 1. The Morgan fingerprint density at radius 1 is 1.39 bits per heavy atom. The van der Waals surface area contributed by atoms with Gasteiger partial charge in [0.05, 0.1) is 18.3 Å². The molecule has 0 radical (unpaired) electrons. The summed E-state index contributed by atoms with van der Waals surface area (Å²) < 4.78 is 9.29. The number of halogens is 1. The Morgan fingerprint density at radius 3 is 3.00 bits per heavy atom. The van der Waals surface area contributed by atoms with E-state index in [-0.39, 0.29) is 0 Å². The van der Waals surface area contributed by atoms with Crippen LogP contribution in [0.3, 0.4) is 0 Å². The van der Waals surface area contributed by atoms with Crippen LogP contribution in [0.2, 0.25) is 0 Å². The second-order valence-electron chi connectivity index (χ2n) is 3.88. The zero-order valence-electron chi connectivity index (χ0n) is 9.75. The number of hydrogen-bond donors (Lipinski definition) is 0. The van der Waals surface area contributed by atoms with Gasteiger partial charge in [-0.3, -0.25) is 9.08 Å². The third-order valence-corrected chi connectivity index (χ3v) is 2.87. The van der Waals surface area contributed by atoms with E-state index in [0.29, 0.717) is 17.5 Å². The summed E-state index contributed by atoms with van der Waals surface area (Å²) in [5.74, 6) is 1.50. The van der Waals surface area contributed by atoms with Crippen molar-refractivity contribution in [1.29, 1.82) is 0 Å². The number of nitrogens with zero attached hydrogens (tertiary/aromatic N) is 4. The molecular weight excluding hydrogens is 252 g/mol. The standard InChI is InChI=1S/C12H11ClN4O/c1-16-8-9(7-14-16)18-12-10(6-13)17-5-3-2-4-11(17)15-12/h2-5,7-8H,6H2,1H3. The highest BCUT2D eigenvalue weighted by Crippen LogP contribution is 2.26. The molecule has 5 nitrogen and oxygen atoms in total. The van der Waals surface area contributed by atoms with Crippen molar-refractivity contribution in [3.05, 3.63) is 42.5 Å². The lowest BCUT2D eigenvalue weighted by molar-refractivity contribution is 0.461. The minimum atomic E-state index is 0.334. The number of pyridine rings is 1. The van der Waals surface area contributed by atoms with E-state index in [1.54, 1.807) is 17.1 Å². The molecular formula is C12H11ClN4O. The number of aromatic nitrogens is 4. The van der Waals surface area contributed by atoms with Crippen LogP contribution in [0.4, 0.5) is 0 Å². The lowest BCUT2D eigenvalue weighted by Gasteiger charge is -2.01. The van der Waals surface area contributed by atoms with Crippen molar-refractivity contribution in [2.75, 3.05) is 0 Å². The van der Waals surface area contributed by atoms with Crippen LogP contribution in [0.5, 0.6) is 11.6 Å². The maximum atomic E-state index is 5.96. The minimum absolute atomic E-state index is 0.334. The number of hydrogen-bond acceptors (Lipinski definition) is 3. The van der Waals surface area contributed by atoms with Gasteiger partial charge in [-0.1, -0.05) is 6.07 Å². The highest BCUT2D eigenvalue weighted by atomic mass is 35.5. The first-order chi connectivity index (χ1) is 8.78. The van der Waals surface area contributed by atoms with Gasteiger partial charge in [-0.2, -0.15) is 10.1 Å². The molecule has 0 aliphatic rings. The Morgan fingerprint density at radius 2 is 2.28 bits per heavy atom. The molecule has 3 heterocycles. The molecule has 0 spiro atoms. The lowest BCUT2D eigenvalue weighted by atomic mass is 10.4. The monoisotopic (exact) mass is 262 g/mol. The van der Waals surface area contributed by atoms with Crippen molar-refractivity contribution < 1.29 is 4.74 Å². The van der Waals surface area contributed by atoms with Crippen LogP contribution < -0.4 is 4.74 Å². The highest BCUT2D eigenvalue weighted by molar-refractivity contribution is 6.17. The van der Waals surface area contributed by atoms with Crippen molar-refractivity contribution in [1.82, 2.24) is 19.2 Å². The number of ether oxygens (including phenoxy) is 1.